The summed E-state index contributed by atoms with van der Waals surface area (Å²) in [6.07, 6.45) is -2.18. The smallest absolute Gasteiger partial charge is 0.265 e. The molecule has 0 aliphatic carbocycles. The number of rotatable bonds is 5. The molecule has 1 saturated heterocycles. The van der Waals surface area contributed by atoms with Crippen molar-refractivity contribution in [2.75, 3.05) is 19.3 Å². The van der Waals surface area contributed by atoms with Crippen LogP contribution in [0.25, 0.3) is 0 Å². The van der Waals surface area contributed by atoms with E-state index >= 15 is 0 Å². The number of halogens is 2. The third-order valence-corrected chi connectivity index (χ3v) is 4.25. The molecule has 0 aromatic carbocycles. The first-order chi connectivity index (χ1) is 8.73. The van der Waals surface area contributed by atoms with Crippen LogP contribution in [0.5, 0.6) is 0 Å². The molecule has 1 aliphatic rings. The molecule has 0 bridgehead atoms. The van der Waals surface area contributed by atoms with Gasteiger partial charge in [0.15, 0.2) is 0 Å². The number of piperidine rings is 1. The van der Waals surface area contributed by atoms with Crippen molar-refractivity contribution in [1.82, 2.24) is 9.62 Å². The minimum Gasteiger partial charge on any atom is -0.385 e. The average Bonchev–Trinajstić information content (AvgIpc) is 2.34. The number of aliphatic hydroxyl groups excluding tert-OH is 1. The Bertz CT molecular complexity index is 416. The minimum absolute atomic E-state index is 0.244. The number of carbonyl (C=O) groups excluding carboxylic acids is 1. The van der Waals surface area contributed by atoms with Crippen molar-refractivity contribution >= 4 is 15.9 Å². The molecule has 2 N–H and O–H groups in total. The van der Waals surface area contributed by atoms with E-state index in [0.29, 0.717) is 19.3 Å². The van der Waals surface area contributed by atoms with Gasteiger partial charge in [-0.25, -0.2) is 17.2 Å². The number of carbonyl (C=O) groups is 1. The van der Waals surface area contributed by atoms with Crippen molar-refractivity contribution in [3.63, 3.8) is 0 Å². The Morgan fingerprint density at radius 3 is 2.63 bits per heavy atom. The average molecular weight is 300 g/mol. The summed E-state index contributed by atoms with van der Waals surface area (Å²) in [5.41, 5.74) is 0. The largest absolute Gasteiger partial charge is 0.385 e. The number of nitrogens with zero attached hydrogens (tertiary/aromatic N) is 1. The van der Waals surface area contributed by atoms with Crippen LogP contribution in [0.4, 0.5) is 8.78 Å². The van der Waals surface area contributed by atoms with E-state index in [4.69, 9.17) is 5.11 Å². The van der Waals surface area contributed by atoms with Crippen LogP contribution in [0.3, 0.4) is 0 Å². The van der Waals surface area contributed by atoms with Crippen molar-refractivity contribution in [2.45, 2.75) is 37.8 Å². The van der Waals surface area contributed by atoms with E-state index in [1.165, 1.54) is 0 Å². The van der Waals surface area contributed by atoms with E-state index in [1.807, 2.05) is 0 Å². The number of hydrogen-bond acceptors (Lipinski definition) is 4. The van der Waals surface area contributed by atoms with Crippen molar-refractivity contribution in [2.24, 2.45) is 0 Å². The standard InChI is InChI=1S/C10H18F2N2O4S/c1-19(17,18)14-5-3-2-4-7(14)10(16)13-6-8(15)9(11)12/h7-9,15H,2-6H2,1H3,(H,13,16). The van der Waals surface area contributed by atoms with Crippen LogP contribution < -0.4 is 5.32 Å². The summed E-state index contributed by atoms with van der Waals surface area (Å²) < 4.78 is 48.3. The highest BCUT2D eigenvalue weighted by atomic mass is 32.2. The van der Waals surface area contributed by atoms with Crippen LogP contribution in [0, 0.1) is 0 Å². The van der Waals surface area contributed by atoms with Crippen LogP contribution in [-0.4, -0.2) is 61.7 Å². The van der Waals surface area contributed by atoms with Gasteiger partial charge < -0.3 is 10.4 Å². The zero-order valence-electron chi connectivity index (χ0n) is 10.6. The van der Waals surface area contributed by atoms with E-state index in [1.54, 1.807) is 0 Å². The monoisotopic (exact) mass is 300 g/mol. The highest BCUT2D eigenvalue weighted by molar-refractivity contribution is 7.88. The predicted octanol–water partition coefficient (Wildman–Crippen LogP) is -0.457. The number of hydrogen-bond donors (Lipinski definition) is 2. The fourth-order valence-corrected chi connectivity index (χ4v) is 3.10. The molecule has 0 aromatic rings. The predicted molar refractivity (Wildman–Crippen MR) is 64.2 cm³/mol. The van der Waals surface area contributed by atoms with Crippen molar-refractivity contribution in [3.05, 3.63) is 0 Å². The quantitative estimate of drug-likeness (QED) is 0.719. The van der Waals surface area contributed by atoms with Gasteiger partial charge in [-0.05, 0) is 12.8 Å². The van der Waals surface area contributed by atoms with E-state index in [-0.39, 0.29) is 6.54 Å². The summed E-state index contributed by atoms with van der Waals surface area (Å²) in [6, 6.07) is -0.881. The van der Waals surface area contributed by atoms with Gasteiger partial charge in [-0.1, -0.05) is 6.42 Å². The van der Waals surface area contributed by atoms with Crippen molar-refractivity contribution < 1.29 is 27.1 Å². The Kier molecular flexibility index (Phi) is 5.63. The zero-order chi connectivity index (χ0) is 14.6. The van der Waals surface area contributed by atoms with Crippen LogP contribution in [-0.2, 0) is 14.8 Å². The lowest BCUT2D eigenvalue weighted by Crippen LogP contribution is -2.52. The molecule has 1 rings (SSSR count). The number of alkyl halides is 2. The molecule has 19 heavy (non-hydrogen) atoms. The van der Waals surface area contributed by atoms with E-state index in [9.17, 15) is 22.0 Å². The summed E-state index contributed by atoms with van der Waals surface area (Å²) in [4.78, 5) is 11.8. The maximum Gasteiger partial charge on any atom is 0.265 e. The highest BCUT2D eigenvalue weighted by Gasteiger charge is 2.34. The lowest BCUT2D eigenvalue weighted by atomic mass is 10.0. The van der Waals surface area contributed by atoms with Gasteiger partial charge in [0, 0.05) is 13.1 Å². The number of aliphatic hydroxyl groups is 1. The molecule has 0 saturated carbocycles. The van der Waals surface area contributed by atoms with Gasteiger partial charge in [0.1, 0.15) is 12.1 Å². The molecule has 0 spiro atoms. The lowest BCUT2D eigenvalue weighted by molar-refractivity contribution is -0.126. The molecule has 6 nitrogen and oxygen atoms in total. The Labute approximate surface area is 110 Å². The van der Waals surface area contributed by atoms with Crippen LogP contribution in [0.2, 0.25) is 0 Å². The lowest BCUT2D eigenvalue weighted by Gasteiger charge is -2.32. The fourth-order valence-electron chi connectivity index (χ4n) is 1.98. The van der Waals surface area contributed by atoms with Gasteiger partial charge >= 0.3 is 0 Å². The molecule has 0 radical (unpaired) electrons. The normalized spacial score (nSPS) is 23.3. The molecule has 2 unspecified atom stereocenters. The van der Waals surface area contributed by atoms with Gasteiger partial charge in [0.25, 0.3) is 6.43 Å². The third kappa shape index (κ3) is 4.66. The summed E-state index contributed by atoms with van der Waals surface area (Å²) in [5.74, 6) is -0.648. The molecule has 1 heterocycles. The fraction of sp³-hybridized carbons (Fsp3) is 0.900. The SMILES string of the molecule is CS(=O)(=O)N1CCCCC1C(=O)NCC(O)C(F)F. The second-order valence-corrected chi connectivity index (χ2v) is 6.47. The summed E-state index contributed by atoms with van der Waals surface area (Å²) in [5, 5.41) is 11.1. The second-order valence-electron chi connectivity index (χ2n) is 4.53. The first kappa shape index (κ1) is 16.3. The molecular formula is C10H18F2N2O4S. The summed E-state index contributed by atoms with van der Waals surface area (Å²) >= 11 is 0. The zero-order valence-corrected chi connectivity index (χ0v) is 11.4. The molecular weight excluding hydrogens is 282 g/mol. The third-order valence-electron chi connectivity index (χ3n) is 2.96. The van der Waals surface area contributed by atoms with E-state index in [0.717, 1.165) is 10.6 Å². The Balaban J connectivity index is 2.63. The molecule has 0 aromatic heterocycles. The summed E-state index contributed by atoms with van der Waals surface area (Å²) in [6.45, 7) is -0.348. The minimum atomic E-state index is -3.51. The van der Waals surface area contributed by atoms with E-state index in [2.05, 4.69) is 5.32 Å². The highest BCUT2D eigenvalue weighted by Crippen LogP contribution is 2.19. The van der Waals surface area contributed by atoms with Crippen molar-refractivity contribution in [3.8, 4) is 0 Å². The van der Waals surface area contributed by atoms with Crippen LogP contribution >= 0.6 is 0 Å². The number of nitrogens with one attached hydrogen (secondary N) is 1. The Morgan fingerprint density at radius 1 is 1.47 bits per heavy atom. The maximum absolute atomic E-state index is 12.1. The number of amides is 1. The Hall–Kier alpha value is -0.800. The van der Waals surface area contributed by atoms with Crippen LogP contribution in [0.15, 0.2) is 0 Å². The van der Waals surface area contributed by atoms with Gasteiger partial charge in [-0.3, -0.25) is 4.79 Å². The van der Waals surface area contributed by atoms with E-state index < -0.39 is 41.0 Å². The first-order valence-corrected chi connectivity index (χ1v) is 7.79. The maximum atomic E-state index is 12.1. The summed E-state index contributed by atoms with van der Waals surface area (Å²) in [7, 11) is -3.51. The van der Waals surface area contributed by atoms with Gasteiger partial charge in [-0.15, -0.1) is 0 Å². The molecule has 9 heteroatoms. The molecule has 1 fully saturated rings. The van der Waals surface area contributed by atoms with Gasteiger partial charge in [-0.2, -0.15) is 4.31 Å². The van der Waals surface area contributed by atoms with Gasteiger partial charge in [0.2, 0.25) is 15.9 Å². The van der Waals surface area contributed by atoms with Gasteiger partial charge in [0.05, 0.1) is 6.26 Å². The topological polar surface area (TPSA) is 86.7 Å². The van der Waals surface area contributed by atoms with Crippen LogP contribution in [0.1, 0.15) is 19.3 Å². The molecule has 112 valence electrons. The van der Waals surface area contributed by atoms with Crippen molar-refractivity contribution in [1.29, 1.82) is 0 Å². The second kappa shape index (κ2) is 6.58. The number of sulfonamides is 1. The first-order valence-electron chi connectivity index (χ1n) is 5.94. The molecule has 1 aliphatic heterocycles. The molecule has 1 amide bonds. The Morgan fingerprint density at radius 2 is 2.11 bits per heavy atom. The molecule has 2 atom stereocenters.